The highest BCUT2D eigenvalue weighted by Gasteiger charge is 2.01. The number of pyridine rings is 1. The van der Waals surface area contributed by atoms with Crippen molar-refractivity contribution in [1.82, 2.24) is 4.98 Å². The molecule has 0 aliphatic carbocycles. The zero-order valence-corrected chi connectivity index (χ0v) is 10.6. The molecule has 1 heterocycles. The van der Waals surface area contributed by atoms with Crippen LogP contribution in [0.25, 0.3) is 0 Å². The zero-order chi connectivity index (χ0) is 12.3. The molecule has 1 aromatic heterocycles. The molecule has 0 fully saturated rings. The van der Waals surface area contributed by atoms with E-state index in [-0.39, 0.29) is 0 Å². The van der Waals surface area contributed by atoms with Gasteiger partial charge in [0.05, 0.1) is 11.6 Å². The quantitative estimate of drug-likeness (QED) is 0.802. The van der Waals surface area contributed by atoms with Crippen LogP contribution in [0.2, 0.25) is 0 Å². The molecule has 0 radical (unpaired) electrons. The van der Waals surface area contributed by atoms with Crippen LogP contribution in [0.3, 0.4) is 0 Å². The molecule has 84 valence electrons. The fourth-order valence-electron chi connectivity index (χ4n) is 1.57. The molecule has 0 bridgehead atoms. The Morgan fingerprint density at radius 3 is 2.41 bits per heavy atom. The summed E-state index contributed by atoms with van der Waals surface area (Å²) in [4.78, 5) is 5.57. The summed E-state index contributed by atoms with van der Waals surface area (Å²) in [5, 5.41) is 9.71. The van der Waals surface area contributed by atoms with Gasteiger partial charge in [-0.25, -0.2) is 4.98 Å². The van der Waals surface area contributed by atoms with Gasteiger partial charge in [-0.15, -0.1) is 0 Å². The first-order valence-corrected chi connectivity index (χ1v) is 6.12. The highest BCUT2D eigenvalue weighted by Crippen LogP contribution is 2.27. The van der Waals surface area contributed by atoms with E-state index in [4.69, 9.17) is 5.26 Å². The molecule has 0 atom stereocenters. The molecule has 3 heteroatoms. The van der Waals surface area contributed by atoms with Gasteiger partial charge >= 0.3 is 0 Å². The zero-order valence-electron chi connectivity index (χ0n) is 9.77. The average Bonchev–Trinajstić information content (AvgIpc) is 2.28. The van der Waals surface area contributed by atoms with Gasteiger partial charge in [-0.05, 0) is 55.8 Å². The Labute approximate surface area is 105 Å². The fourth-order valence-corrected chi connectivity index (χ4v) is 2.52. The van der Waals surface area contributed by atoms with Crippen LogP contribution in [-0.4, -0.2) is 4.98 Å². The van der Waals surface area contributed by atoms with E-state index in [1.165, 1.54) is 5.56 Å². The Hall–Kier alpha value is -1.79. The van der Waals surface area contributed by atoms with E-state index in [1.54, 1.807) is 11.8 Å². The minimum atomic E-state index is 0.683. The van der Waals surface area contributed by atoms with Gasteiger partial charge in [0, 0.05) is 10.6 Å². The summed E-state index contributed by atoms with van der Waals surface area (Å²) >= 11 is 1.61. The van der Waals surface area contributed by atoms with Crippen LogP contribution in [-0.2, 0) is 0 Å². The van der Waals surface area contributed by atoms with Crippen molar-refractivity contribution in [3.05, 3.63) is 53.2 Å². The number of aromatic nitrogens is 1. The van der Waals surface area contributed by atoms with Crippen molar-refractivity contribution in [1.29, 1.82) is 5.26 Å². The predicted octanol–water partition coefficient (Wildman–Crippen LogP) is 3.72. The van der Waals surface area contributed by atoms with Crippen molar-refractivity contribution in [3.63, 3.8) is 0 Å². The van der Waals surface area contributed by atoms with Gasteiger partial charge in [-0.2, -0.15) is 5.26 Å². The summed E-state index contributed by atoms with van der Waals surface area (Å²) in [5.41, 5.74) is 2.93. The monoisotopic (exact) mass is 240 g/mol. The van der Waals surface area contributed by atoms with E-state index in [0.29, 0.717) is 5.56 Å². The first-order chi connectivity index (χ1) is 8.17. The maximum atomic E-state index is 8.72. The number of aryl methyl sites for hydroxylation is 2. The minimum absolute atomic E-state index is 0.683. The lowest BCUT2D eigenvalue weighted by Crippen LogP contribution is -1.86. The predicted molar refractivity (Wildman–Crippen MR) is 69.0 cm³/mol. The summed E-state index contributed by atoms with van der Waals surface area (Å²) in [6, 6.07) is 13.8. The molecular formula is C14H12N2S. The Bertz CT molecular complexity index is 548. The number of benzene rings is 1. The third-order valence-corrected chi connectivity index (χ3v) is 3.21. The van der Waals surface area contributed by atoms with Crippen molar-refractivity contribution in [2.75, 3.05) is 0 Å². The van der Waals surface area contributed by atoms with Gasteiger partial charge in [0.2, 0.25) is 0 Å². The Morgan fingerprint density at radius 2 is 1.82 bits per heavy atom. The summed E-state index contributed by atoms with van der Waals surface area (Å²) in [7, 11) is 0. The maximum absolute atomic E-state index is 8.72. The molecule has 2 nitrogen and oxygen atoms in total. The van der Waals surface area contributed by atoms with E-state index < -0.39 is 0 Å². The molecular weight excluding hydrogens is 228 g/mol. The van der Waals surface area contributed by atoms with Gasteiger partial charge in [0.1, 0.15) is 5.03 Å². The second-order valence-corrected chi connectivity index (χ2v) is 4.96. The third kappa shape index (κ3) is 3.08. The van der Waals surface area contributed by atoms with Gasteiger partial charge < -0.3 is 0 Å². The van der Waals surface area contributed by atoms with Crippen molar-refractivity contribution < 1.29 is 0 Å². The second kappa shape index (κ2) is 5.03. The van der Waals surface area contributed by atoms with E-state index in [2.05, 4.69) is 30.1 Å². The number of nitrogens with zero attached hydrogens (tertiary/aromatic N) is 2. The summed E-state index contributed by atoms with van der Waals surface area (Å²) < 4.78 is 0. The smallest absolute Gasteiger partial charge is 0.101 e. The number of hydrogen-bond donors (Lipinski definition) is 0. The van der Waals surface area contributed by atoms with Crippen molar-refractivity contribution in [2.24, 2.45) is 0 Å². The molecule has 0 saturated heterocycles. The van der Waals surface area contributed by atoms with E-state index in [1.807, 2.05) is 31.2 Å². The number of rotatable bonds is 2. The Kier molecular flexibility index (Phi) is 3.46. The number of nitriles is 1. The van der Waals surface area contributed by atoms with E-state index in [0.717, 1.165) is 15.6 Å². The molecule has 0 unspecified atom stereocenters. The standard InChI is InChI=1S/C14H12N2S/c1-10-7-11(2)16-14(8-10)17-13-5-3-12(9-15)4-6-13/h3-8H,1-2H3. The van der Waals surface area contributed by atoms with Crippen LogP contribution >= 0.6 is 11.8 Å². The SMILES string of the molecule is Cc1cc(C)nc(Sc2ccc(C#N)cc2)c1. The van der Waals surface area contributed by atoms with Crippen molar-refractivity contribution in [3.8, 4) is 6.07 Å². The van der Waals surface area contributed by atoms with Crippen LogP contribution in [0.4, 0.5) is 0 Å². The molecule has 17 heavy (non-hydrogen) atoms. The molecule has 0 aliphatic heterocycles. The fraction of sp³-hybridized carbons (Fsp3) is 0.143. The van der Waals surface area contributed by atoms with Crippen molar-refractivity contribution in [2.45, 2.75) is 23.8 Å². The molecule has 2 rings (SSSR count). The average molecular weight is 240 g/mol. The first-order valence-electron chi connectivity index (χ1n) is 5.31. The van der Waals surface area contributed by atoms with Crippen LogP contribution in [0.15, 0.2) is 46.3 Å². The normalized spacial score (nSPS) is 9.94. The third-order valence-electron chi connectivity index (χ3n) is 2.28. The summed E-state index contributed by atoms with van der Waals surface area (Å²) in [6.07, 6.45) is 0. The lowest BCUT2D eigenvalue weighted by atomic mass is 10.2. The summed E-state index contributed by atoms with van der Waals surface area (Å²) in [5.74, 6) is 0. The van der Waals surface area contributed by atoms with Crippen LogP contribution < -0.4 is 0 Å². The molecule has 0 amide bonds. The summed E-state index contributed by atoms with van der Waals surface area (Å²) in [6.45, 7) is 4.06. The van der Waals surface area contributed by atoms with Gasteiger partial charge in [0.15, 0.2) is 0 Å². The van der Waals surface area contributed by atoms with E-state index >= 15 is 0 Å². The van der Waals surface area contributed by atoms with Crippen LogP contribution in [0.5, 0.6) is 0 Å². The molecule has 0 saturated carbocycles. The maximum Gasteiger partial charge on any atom is 0.101 e. The largest absolute Gasteiger partial charge is 0.246 e. The number of hydrogen-bond acceptors (Lipinski definition) is 3. The topological polar surface area (TPSA) is 36.7 Å². The highest BCUT2D eigenvalue weighted by atomic mass is 32.2. The Morgan fingerprint density at radius 1 is 1.12 bits per heavy atom. The van der Waals surface area contributed by atoms with Crippen LogP contribution in [0, 0.1) is 25.2 Å². The molecule has 0 N–H and O–H groups in total. The lowest BCUT2D eigenvalue weighted by Gasteiger charge is -2.03. The second-order valence-electron chi connectivity index (χ2n) is 3.86. The lowest BCUT2D eigenvalue weighted by molar-refractivity contribution is 1.05. The van der Waals surface area contributed by atoms with Crippen LogP contribution in [0.1, 0.15) is 16.8 Å². The van der Waals surface area contributed by atoms with Crippen molar-refractivity contribution >= 4 is 11.8 Å². The molecule has 0 spiro atoms. The molecule has 0 aliphatic rings. The van der Waals surface area contributed by atoms with Gasteiger partial charge in [-0.3, -0.25) is 0 Å². The highest BCUT2D eigenvalue weighted by molar-refractivity contribution is 7.99. The molecule has 1 aromatic carbocycles. The van der Waals surface area contributed by atoms with Gasteiger partial charge in [-0.1, -0.05) is 11.8 Å². The molecule has 2 aromatic rings. The van der Waals surface area contributed by atoms with Gasteiger partial charge in [0.25, 0.3) is 0 Å². The Balaban J connectivity index is 2.22. The first kappa shape index (κ1) is 11.7. The van der Waals surface area contributed by atoms with E-state index in [9.17, 15) is 0 Å². The minimum Gasteiger partial charge on any atom is -0.246 e.